The lowest BCUT2D eigenvalue weighted by molar-refractivity contribution is -0.116. The van der Waals surface area contributed by atoms with Crippen LogP contribution in [-0.2, 0) is 19.6 Å². The number of hydrogen-bond acceptors (Lipinski definition) is 6. The van der Waals surface area contributed by atoms with Crippen molar-refractivity contribution >= 4 is 44.9 Å². The molecule has 0 bridgehead atoms. The van der Waals surface area contributed by atoms with Crippen LogP contribution in [0, 0.1) is 0 Å². The Morgan fingerprint density at radius 3 is 2.48 bits per heavy atom. The zero-order valence-electron chi connectivity index (χ0n) is 17.6. The van der Waals surface area contributed by atoms with Crippen molar-refractivity contribution in [3.05, 3.63) is 53.1 Å². The van der Waals surface area contributed by atoms with E-state index in [-0.39, 0.29) is 42.5 Å². The molecule has 2 rings (SSSR count). The van der Waals surface area contributed by atoms with Gasteiger partial charge in [0.25, 0.3) is 0 Å². The van der Waals surface area contributed by atoms with Gasteiger partial charge in [0.2, 0.25) is 15.9 Å². The van der Waals surface area contributed by atoms with Gasteiger partial charge in [-0.25, -0.2) is 13.2 Å². The van der Waals surface area contributed by atoms with E-state index in [9.17, 15) is 18.0 Å². The number of benzene rings is 2. The molecule has 1 amide bonds. The quantitative estimate of drug-likeness (QED) is 0.533. The van der Waals surface area contributed by atoms with Crippen LogP contribution in [0.1, 0.15) is 30.1 Å². The first-order valence-corrected chi connectivity index (χ1v) is 11.8. The van der Waals surface area contributed by atoms with Crippen molar-refractivity contribution in [3.63, 3.8) is 0 Å². The Hall–Kier alpha value is -2.78. The van der Waals surface area contributed by atoms with E-state index in [1.165, 1.54) is 23.5 Å². The first-order valence-electron chi connectivity index (χ1n) is 9.54. The number of ether oxygens (including phenoxy) is 2. The van der Waals surface area contributed by atoms with E-state index in [4.69, 9.17) is 21.1 Å². The molecule has 0 radical (unpaired) electrons. The Morgan fingerprint density at radius 2 is 1.87 bits per heavy atom. The number of para-hydroxylation sites is 2. The Labute approximate surface area is 187 Å². The number of hydrogen-bond donors (Lipinski definition) is 1. The van der Waals surface area contributed by atoms with Gasteiger partial charge in [-0.05, 0) is 43.7 Å². The molecule has 0 saturated heterocycles. The molecular formula is C21H25ClN2O6S. The normalized spacial score (nSPS) is 11.0. The third-order valence-electron chi connectivity index (χ3n) is 4.27. The third-order valence-corrected chi connectivity index (χ3v) is 5.76. The maximum Gasteiger partial charge on any atom is 0.339 e. The first-order chi connectivity index (χ1) is 14.7. The van der Waals surface area contributed by atoms with E-state index >= 15 is 0 Å². The number of amides is 1. The van der Waals surface area contributed by atoms with E-state index in [0.717, 1.165) is 6.26 Å². The molecule has 2 aromatic rings. The Morgan fingerprint density at radius 1 is 1.16 bits per heavy atom. The predicted molar refractivity (Wildman–Crippen MR) is 120 cm³/mol. The minimum absolute atomic E-state index is 0.0818. The second-order valence-corrected chi connectivity index (χ2v) is 8.89. The SMILES string of the molecule is CCOC(=O)c1ccc(NC(=O)CCCN(c2ccccc2OC)S(C)(=O)=O)cc1Cl. The molecule has 2 aromatic carbocycles. The van der Waals surface area contributed by atoms with Gasteiger partial charge in [0.1, 0.15) is 5.75 Å². The highest BCUT2D eigenvalue weighted by molar-refractivity contribution is 7.92. The number of rotatable bonds is 10. The van der Waals surface area contributed by atoms with E-state index in [1.807, 2.05) is 0 Å². The van der Waals surface area contributed by atoms with Gasteiger partial charge in [-0.15, -0.1) is 0 Å². The summed E-state index contributed by atoms with van der Waals surface area (Å²) in [5, 5.41) is 2.85. The number of nitrogens with one attached hydrogen (secondary N) is 1. The molecule has 10 heteroatoms. The zero-order chi connectivity index (χ0) is 23.0. The van der Waals surface area contributed by atoms with Crippen LogP contribution in [0.4, 0.5) is 11.4 Å². The highest BCUT2D eigenvalue weighted by atomic mass is 35.5. The molecule has 0 aliphatic heterocycles. The number of anilines is 2. The summed E-state index contributed by atoms with van der Waals surface area (Å²) in [6, 6.07) is 11.3. The Bertz CT molecular complexity index is 1040. The van der Waals surface area contributed by atoms with E-state index in [1.54, 1.807) is 37.3 Å². The molecule has 0 aliphatic carbocycles. The van der Waals surface area contributed by atoms with Crippen molar-refractivity contribution in [2.24, 2.45) is 0 Å². The lowest BCUT2D eigenvalue weighted by Crippen LogP contribution is -2.31. The van der Waals surface area contributed by atoms with Gasteiger partial charge in [-0.3, -0.25) is 9.10 Å². The number of carbonyl (C=O) groups is 2. The molecule has 0 saturated carbocycles. The van der Waals surface area contributed by atoms with Gasteiger partial charge in [0.05, 0.1) is 36.2 Å². The lowest BCUT2D eigenvalue weighted by atomic mass is 10.2. The average molecular weight is 469 g/mol. The first kappa shape index (κ1) is 24.5. The van der Waals surface area contributed by atoms with Gasteiger partial charge >= 0.3 is 5.97 Å². The summed E-state index contributed by atoms with van der Waals surface area (Å²) in [6.45, 7) is 2.03. The molecule has 168 valence electrons. The minimum atomic E-state index is -3.57. The van der Waals surface area contributed by atoms with Crippen LogP contribution in [0.2, 0.25) is 5.02 Å². The molecule has 1 N–H and O–H groups in total. The molecule has 0 aliphatic rings. The van der Waals surface area contributed by atoms with E-state index in [0.29, 0.717) is 17.1 Å². The van der Waals surface area contributed by atoms with Gasteiger partial charge in [-0.1, -0.05) is 23.7 Å². The van der Waals surface area contributed by atoms with Gasteiger partial charge in [-0.2, -0.15) is 0 Å². The van der Waals surface area contributed by atoms with Crippen LogP contribution < -0.4 is 14.4 Å². The van der Waals surface area contributed by atoms with Gasteiger partial charge < -0.3 is 14.8 Å². The van der Waals surface area contributed by atoms with E-state index in [2.05, 4.69) is 5.32 Å². The maximum atomic E-state index is 12.3. The minimum Gasteiger partial charge on any atom is -0.495 e. The monoisotopic (exact) mass is 468 g/mol. The fourth-order valence-electron chi connectivity index (χ4n) is 2.87. The van der Waals surface area contributed by atoms with Crippen LogP contribution in [0.3, 0.4) is 0 Å². The molecule has 0 heterocycles. The van der Waals surface area contributed by atoms with Crippen molar-refractivity contribution in [2.75, 3.05) is 36.1 Å². The number of esters is 1. The third kappa shape index (κ3) is 6.86. The summed E-state index contributed by atoms with van der Waals surface area (Å²) < 4.78 is 35.9. The largest absolute Gasteiger partial charge is 0.495 e. The molecule has 0 spiro atoms. The molecular weight excluding hydrogens is 444 g/mol. The highest BCUT2D eigenvalue weighted by Gasteiger charge is 2.21. The second-order valence-electron chi connectivity index (χ2n) is 6.57. The van der Waals surface area contributed by atoms with Crippen LogP contribution in [0.15, 0.2) is 42.5 Å². The van der Waals surface area contributed by atoms with Gasteiger partial charge in [0.15, 0.2) is 0 Å². The molecule has 0 fully saturated rings. The standard InChI is InChI=1S/C21H25ClN2O6S/c1-4-30-21(26)16-12-11-15(14-17(16)22)23-20(25)10-7-13-24(31(3,27)28)18-8-5-6-9-19(18)29-2/h5-6,8-9,11-12,14H,4,7,10,13H2,1-3H3,(H,23,25). The number of carbonyl (C=O) groups excluding carboxylic acids is 2. The number of nitrogens with zero attached hydrogens (tertiary/aromatic N) is 1. The van der Waals surface area contributed by atoms with Gasteiger partial charge in [0, 0.05) is 18.7 Å². The Kier molecular flexibility index (Phi) is 8.70. The number of sulfonamides is 1. The fourth-order valence-corrected chi connectivity index (χ4v) is 4.10. The highest BCUT2D eigenvalue weighted by Crippen LogP contribution is 2.29. The predicted octanol–water partition coefficient (Wildman–Crippen LogP) is 3.71. The summed E-state index contributed by atoms with van der Waals surface area (Å²) >= 11 is 6.10. The molecule has 0 aromatic heterocycles. The maximum absolute atomic E-state index is 12.3. The number of methoxy groups -OCH3 is 1. The molecule has 0 atom stereocenters. The van der Waals surface area contributed by atoms with Crippen LogP contribution in [0.25, 0.3) is 0 Å². The summed E-state index contributed by atoms with van der Waals surface area (Å²) in [5.41, 5.74) is 1.05. The second kappa shape index (κ2) is 11.0. The van der Waals surface area contributed by atoms with Crippen molar-refractivity contribution < 1.29 is 27.5 Å². The lowest BCUT2D eigenvalue weighted by Gasteiger charge is -2.24. The zero-order valence-corrected chi connectivity index (χ0v) is 19.1. The van der Waals surface area contributed by atoms with Crippen LogP contribution >= 0.6 is 11.6 Å². The van der Waals surface area contributed by atoms with E-state index < -0.39 is 16.0 Å². The smallest absolute Gasteiger partial charge is 0.339 e. The topological polar surface area (TPSA) is 102 Å². The summed E-state index contributed by atoms with van der Waals surface area (Å²) in [5.74, 6) is -0.426. The van der Waals surface area contributed by atoms with Crippen molar-refractivity contribution in [3.8, 4) is 5.75 Å². The summed E-state index contributed by atoms with van der Waals surface area (Å²) in [7, 11) is -2.11. The summed E-state index contributed by atoms with van der Waals surface area (Å²) in [6.07, 6.45) is 1.47. The number of halogens is 1. The van der Waals surface area contributed by atoms with Crippen molar-refractivity contribution in [2.45, 2.75) is 19.8 Å². The summed E-state index contributed by atoms with van der Waals surface area (Å²) in [4.78, 5) is 24.1. The van der Waals surface area contributed by atoms with Crippen molar-refractivity contribution in [1.82, 2.24) is 0 Å². The Balaban J connectivity index is 2.00. The van der Waals surface area contributed by atoms with Crippen molar-refractivity contribution in [1.29, 1.82) is 0 Å². The molecule has 0 unspecified atom stereocenters. The van der Waals surface area contributed by atoms with Crippen LogP contribution in [0.5, 0.6) is 5.75 Å². The average Bonchev–Trinajstić information content (AvgIpc) is 2.70. The van der Waals surface area contributed by atoms with Crippen LogP contribution in [-0.4, -0.2) is 46.8 Å². The fraction of sp³-hybridized carbons (Fsp3) is 0.333. The molecule has 8 nitrogen and oxygen atoms in total. The molecule has 31 heavy (non-hydrogen) atoms.